The maximum atomic E-state index is 12.9. The van der Waals surface area contributed by atoms with Gasteiger partial charge in [-0.2, -0.15) is 0 Å². The Morgan fingerprint density at radius 3 is 2.51 bits per heavy atom. The summed E-state index contributed by atoms with van der Waals surface area (Å²) in [5, 5.41) is 3.65. The number of aromatic amines is 1. The molecule has 0 atom stereocenters. The minimum Gasteiger partial charge on any atom is -0.366 e. The normalized spacial score (nSPS) is 13.9. The maximum Gasteiger partial charge on any atom is 0.324 e. The number of carbonyl (C=O) groups is 3. The zero-order valence-corrected chi connectivity index (χ0v) is 20.3. The van der Waals surface area contributed by atoms with E-state index in [0.717, 1.165) is 11.3 Å². The van der Waals surface area contributed by atoms with Gasteiger partial charge in [-0.3, -0.25) is 14.5 Å². The molecular weight excluding hydrogens is 468 g/mol. The lowest BCUT2D eigenvalue weighted by Crippen LogP contribution is -2.29. The van der Waals surface area contributed by atoms with Crippen molar-refractivity contribution < 1.29 is 14.4 Å². The summed E-state index contributed by atoms with van der Waals surface area (Å²) in [6.45, 7) is 1.33. The van der Waals surface area contributed by atoms with E-state index in [9.17, 15) is 14.4 Å². The first-order chi connectivity index (χ1) is 17.9. The summed E-state index contributed by atoms with van der Waals surface area (Å²) in [6, 6.07) is 18.3. The molecule has 0 spiro atoms. The number of nitrogens with one attached hydrogen (secondary N) is 2. The van der Waals surface area contributed by atoms with Crippen LogP contribution in [0.2, 0.25) is 0 Å². The molecule has 4 aromatic rings. The Kier molecular flexibility index (Phi) is 6.42. The van der Waals surface area contributed by atoms with Crippen LogP contribution in [0.1, 0.15) is 16.7 Å². The molecule has 37 heavy (non-hydrogen) atoms. The SMILES string of the molecule is CN1CCN(c2ccc(CC(=O)Nc3ccnc4[nH]cc(/C=C(/C(N)=O)c5ccccc5)c34)cc2)C1=O. The number of carbonyl (C=O) groups excluding carboxylic acids is 3. The largest absolute Gasteiger partial charge is 0.366 e. The van der Waals surface area contributed by atoms with Crippen LogP contribution in [-0.4, -0.2) is 52.9 Å². The number of H-pyrrole nitrogens is 1. The van der Waals surface area contributed by atoms with E-state index < -0.39 is 5.91 Å². The Balaban J connectivity index is 1.37. The lowest BCUT2D eigenvalue weighted by atomic mass is 10.0. The summed E-state index contributed by atoms with van der Waals surface area (Å²) >= 11 is 0. The van der Waals surface area contributed by atoms with Crippen molar-refractivity contribution in [3.05, 3.63) is 89.7 Å². The minimum absolute atomic E-state index is 0.0321. The van der Waals surface area contributed by atoms with Crippen molar-refractivity contribution in [1.29, 1.82) is 0 Å². The van der Waals surface area contributed by atoms with Gasteiger partial charge < -0.3 is 20.9 Å². The molecule has 9 heteroatoms. The van der Waals surface area contributed by atoms with E-state index in [2.05, 4.69) is 15.3 Å². The number of anilines is 2. The Hall–Kier alpha value is -4.92. The number of benzene rings is 2. The fourth-order valence-corrected chi connectivity index (χ4v) is 4.43. The van der Waals surface area contributed by atoms with Gasteiger partial charge in [0.2, 0.25) is 11.8 Å². The predicted octanol–water partition coefficient (Wildman–Crippen LogP) is 3.64. The number of nitrogens with two attached hydrogens (primary N) is 1. The number of likely N-dealkylation sites (N-methyl/N-ethyl adjacent to an activating group) is 1. The van der Waals surface area contributed by atoms with Gasteiger partial charge in [-0.15, -0.1) is 0 Å². The Bertz CT molecular complexity index is 1510. The molecule has 4 amide bonds. The second-order valence-corrected chi connectivity index (χ2v) is 8.86. The molecule has 2 aromatic carbocycles. The molecule has 0 saturated carbocycles. The average molecular weight is 495 g/mol. The van der Waals surface area contributed by atoms with Crippen LogP contribution in [0.25, 0.3) is 22.7 Å². The molecule has 1 aliphatic heterocycles. The lowest BCUT2D eigenvalue weighted by molar-refractivity contribution is -0.115. The number of aromatic nitrogens is 2. The third-order valence-corrected chi connectivity index (χ3v) is 6.36. The van der Waals surface area contributed by atoms with E-state index in [1.54, 1.807) is 41.4 Å². The quantitative estimate of drug-likeness (QED) is 0.339. The van der Waals surface area contributed by atoms with Crippen molar-refractivity contribution in [3.8, 4) is 0 Å². The molecular formula is C28H26N6O3. The summed E-state index contributed by atoms with van der Waals surface area (Å²) in [6.07, 6.45) is 5.19. The van der Waals surface area contributed by atoms with E-state index in [-0.39, 0.29) is 18.4 Å². The maximum absolute atomic E-state index is 12.9. The van der Waals surface area contributed by atoms with E-state index in [0.29, 0.717) is 46.5 Å². The van der Waals surface area contributed by atoms with Crippen LogP contribution in [0.15, 0.2) is 73.1 Å². The van der Waals surface area contributed by atoms with Gasteiger partial charge in [0, 0.05) is 54.7 Å². The highest BCUT2D eigenvalue weighted by molar-refractivity contribution is 6.24. The van der Waals surface area contributed by atoms with Crippen LogP contribution in [-0.2, 0) is 16.0 Å². The number of urea groups is 1. The highest BCUT2D eigenvalue weighted by Gasteiger charge is 2.26. The van der Waals surface area contributed by atoms with Crippen molar-refractivity contribution in [2.75, 3.05) is 30.4 Å². The van der Waals surface area contributed by atoms with E-state index in [4.69, 9.17) is 5.73 Å². The number of nitrogens with zero attached hydrogens (tertiary/aromatic N) is 3. The molecule has 0 unspecified atom stereocenters. The highest BCUT2D eigenvalue weighted by atomic mass is 16.2. The number of hydrogen-bond donors (Lipinski definition) is 3. The van der Waals surface area contributed by atoms with Gasteiger partial charge in [0.05, 0.1) is 12.1 Å². The van der Waals surface area contributed by atoms with Gasteiger partial charge in [0.25, 0.3) is 0 Å². The second-order valence-electron chi connectivity index (χ2n) is 8.86. The molecule has 1 fully saturated rings. The smallest absolute Gasteiger partial charge is 0.324 e. The predicted molar refractivity (Wildman–Crippen MR) is 144 cm³/mol. The number of primary amides is 1. The third kappa shape index (κ3) is 4.92. The number of amides is 4. The zero-order chi connectivity index (χ0) is 25.9. The molecule has 0 aliphatic carbocycles. The van der Waals surface area contributed by atoms with Crippen LogP contribution in [0.4, 0.5) is 16.2 Å². The van der Waals surface area contributed by atoms with Crippen molar-refractivity contribution in [2.24, 2.45) is 5.73 Å². The summed E-state index contributed by atoms with van der Waals surface area (Å²) in [5.74, 6) is -0.757. The molecule has 2 aromatic heterocycles. The van der Waals surface area contributed by atoms with Gasteiger partial charge >= 0.3 is 6.03 Å². The van der Waals surface area contributed by atoms with Gasteiger partial charge in [0.1, 0.15) is 5.65 Å². The zero-order valence-electron chi connectivity index (χ0n) is 20.3. The van der Waals surface area contributed by atoms with Gasteiger partial charge in [-0.25, -0.2) is 9.78 Å². The second kappa shape index (κ2) is 9.98. The first kappa shape index (κ1) is 23.8. The molecule has 186 valence electrons. The van der Waals surface area contributed by atoms with E-state index in [1.807, 2.05) is 54.6 Å². The van der Waals surface area contributed by atoms with Crippen LogP contribution in [0, 0.1) is 0 Å². The van der Waals surface area contributed by atoms with Crippen molar-refractivity contribution in [3.63, 3.8) is 0 Å². The molecule has 1 aliphatic rings. The summed E-state index contributed by atoms with van der Waals surface area (Å²) in [5.41, 5.74) is 10.2. The monoisotopic (exact) mass is 494 g/mol. The molecule has 1 saturated heterocycles. The first-order valence-corrected chi connectivity index (χ1v) is 11.8. The molecule has 3 heterocycles. The Morgan fingerprint density at radius 1 is 1.08 bits per heavy atom. The molecule has 9 nitrogen and oxygen atoms in total. The third-order valence-electron chi connectivity index (χ3n) is 6.36. The van der Waals surface area contributed by atoms with Crippen molar-refractivity contribution in [2.45, 2.75) is 6.42 Å². The summed E-state index contributed by atoms with van der Waals surface area (Å²) in [4.78, 5) is 48.2. The van der Waals surface area contributed by atoms with Gasteiger partial charge in [-0.05, 0) is 35.4 Å². The number of fused-ring (bicyclic) bond motifs is 1. The number of hydrogen-bond acceptors (Lipinski definition) is 4. The summed E-state index contributed by atoms with van der Waals surface area (Å²) in [7, 11) is 1.78. The van der Waals surface area contributed by atoms with E-state index in [1.165, 1.54) is 0 Å². The lowest BCUT2D eigenvalue weighted by Gasteiger charge is -2.16. The summed E-state index contributed by atoms with van der Waals surface area (Å²) < 4.78 is 0. The Labute approximate surface area is 213 Å². The fraction of sp³-hybridized carbons (Fsp3) is 0.143. The van der Waals surface area contributed by atoms with Gasteiger partial charge in [0.15, 0.2) is 0 Å². The fourth-order valence-electron chi connectivity index (χ4n) is 4.43. The number of rotatable bonds is 7. The number of pyridine rings is 1. The highest BCUT2D eigenvalue weighted by Crippen LogP contribution is 2.29. The van der Waals surface area contributed by atoms with E-state index >= 15 is 0 Å². The van der Waals surface area contributed by atoms with Crippen molar-refractivity contribution >= 4 is 51.9 Å². The van der Waals surface area contributed by atoms with Crippen LogP contribution < -0.4 is 16.0 Å². The molecule has 0 radical (unpaired) electrons. The van der Waals surface area contributed by atoms with Gasteiger partial charge in [-0.1, -0.05) is 42.5 Å². The van der Waals surface area contributed by atoms with Crippen LogP contribution in [0.3, 0.4) is 0 Å². The molecule has 5 rings (SSSR count). The Morgan fingerprint density at radius 2 is 1.84 bits per heavy atom. The molecule has 4 N–H and O–H groups in total. The topological polar surface area (TPSA) is 124 Å². The van der Waals surface area contributed by atoms with Crippen molar-refractivity contribution in [1.82, 2.24) is 14.9 Å². The molecule has 0 bridgehead atoms. The standard InChI is InChI=1S/C28H26N6O3/c1-33-13-14-34(28(33)37)21-9-7-18(8-10-21)15-24(35)32-23-11-12-30-27-25(23)20(17-31-27)16-22(26(29)36)19-5-3-2-4-6-19/h2-12,16-17H,13-15H2,1H3,(H2,29,36)(H2,30,31,32,35)/b22-16+. The average Bonchev–Trinajstić information content (AvgIpc) is 3.46. The first-order valence-electron chi connectivity index (χ1n) is 11.8. The van der Waals surface area contributed by atoms with Crippen LogP contribution in [0.5, 0.6) is 0 Å². The van der Waals surface area contributed by atoms with Crippen LogP contribution >= 0.6 is 0 Å². The minimum atomic E-state index is -0.555.